The normalized spacial score (nSPS) is 28.3. The minimum absolute atomic E-state index is 0.130. The summed E-state index contributed by atoms with van der Waals surface area (Å²) in [4.78, 5) is 0. The van der Waals surface area contributed by atoms with Crippen LogP contribution in [0.1, 0.15) is 38.7 Å². The lowest BCUT2D eigenvalue weighted by molar-refractivity contribution is 0.225. The fraction of sp³-hybridized carbons (Fsp3) is 0.600. The van der Waals surface area contributed by atoms with Crippen LogP contribution in [0.5, 0.6) is 0 Å². The van der Waals surface area contributed by atoms with E-state index in [0.717, 1.165) is 21.9 Å². The highest BCUT2D eigenvalue weighted by molar-refractivity contribution is 9.10. The monoisotopic (exact) mass is 313 g/mol. The van der Waals surface area contributed by atoms with Gasteiger partial charge in [0.1, 0.15) is 5.82 Å². The number of halogens is 2. The quantitative estimate of drug-likeness (QED) is 0.866. The molecule has 0 saturated heterocycles. The van der Waals surface area contributed by atoms with E-state index >= 15 is 0 Å². The molecule has 3 unspecified atom stereocenters. The van der Waals surface area contributed by atoms with E-state index in [-0.39, 0.29) is 5.82 Å². The molecule has 1 aliphatic rings. The van der Waals surface area contributed by atoms with Crippen LogP contribution in [0.2, 0.25) is 0 Å². The molecule has 1 nitrogen and oxygen atoms in total. The van der Waals surface area contributed by atoms with Crippen molar-refractivity contribution in [2.75, 3.05) is 0 Å². The predicted octanol–water partition coefficient (Wildman–Crippen LogP) is 4.50. The third-order valence-corrected chi connectivity index (χ3v) is 4.69. The summed E-state index contributed by atoms with van der Waals surface area (Å²) in [7, 11) is 0. The van der Waals surface area contributed by atoms with Crippen LogP contribution in [0.3, 0.4) is 0 Å². The van der Waals surface area contributed by atoms with E-state index in [1.54, 1.807) is 0 Å². The van der Waals surface area contributed by atoms with Gasteiger partial charge in [-0.1, -0.05) is 35.8 Å². The molecular formula is C15H21BrFN. The first-order chi connectivity index (χ1) is 8.56. The Morgan fingerprint density at radius 3 is 2.72 bits per heavy atom. The van der Waals surface area contributed by atoms with Crippen molar-refractivity contribution >= 4 is 15.9 Å². The van der Waals surface area contributed by atoms with Gasteiger partial charge in [0.05, 0.1) is 0 Å². The maximum absolute atomic E-state index is 13.7. The lowest BCUT2D eigenvalue weighted by atomic mass is 9.79. The molecule has 0 amide bonds. The predicted molar refractivity (Wildman–Crippen MR) is 76.9 cm³/mol. The van der Waals surface area contributed by atoms with Crippen molar-refractivity contribution in [1.29, 1.82) is 0 Å². The number of benzene rings is 1. The van der Waals surface area contributed by atoms with Crippen molar-refractivity contribution in [3.63, 3.8) is 0 Å². The SMILES string of the molecule is CC1CCC(NCc2ccc(Br)cc2F)CC1C. The minimum Gasteiger partial charge on any atom is -0.310 e. The van der Waals surface area contributed by atoms with Crippen LogP contribution in [0.25, 0.3) is 0 Å². The molecule has 0 bridgehead atoms. The molecule has 100 valence electrons. The molecule has 2 rings (SSSR count). The van der Waals surface area contributed by atoms with Crippen molar-refractivity contribution < 1.29 is 4.39 Å². The van der Waals surface area contributed by atoms with E-state index in [1.165, 1.54) is 25.3 Å². The number of hydrogen-bond donors (Lipinski definition) is 1. The van der Waals surface area contributed by atoms with Crippen LogP contribution in [-0.4, -0.2) is 6.04 Å². The van der Waals surface area contributed by atoms with E-state index in [0.29, 0.717) is 12.6 Å². The Labute approximate surface area is 117 Å². The first kappa shape index (κ1) is 14.0. The summed E-state index contributed by atoms with van der Waals surface area (Å²) in [6.45, 7) is 5.28. The molecule has 3 heteroatoms. The van der Waals surface area contributed by atoms with Gasteiger partial charge in [0.2, 0.25) is 0 Å². The molecule has 1 aromatic rings. The molecule has 0 aliphatic heterocycles. The van der Waals surface area contributed by atoms with Gasteiger partial charge in [0.25, 0.3) is 0 Å². The molecular weight excluding hydrogens is 293 g/mol. The molecule has 0 radical (unpaired) electrons. The van der Waals surface area contributed by atoms with E-state index in [4.69, 9.17) is 0 Å². The molecule has 1 fully saturated rings. The van der Waals surface area contributed by atoms with Gasteiger partial charge in [-0.25, -0.2) is 4.39 Å². The highest BCUT2D eigenvalue weighted by Crippen LogP contribution is 2.29. The fourth-order valence-corrected chi connectivity index (χ4v) is 2.99. The largest absolute Gasteiger partial charge is 0.310 e. The third kappa shape index (κ3) is 3.55. The summed E-state index contributed by atoms with van der Waals surface area (Å²) in [6.07, 6.45) is 3.70. The number of rotatable bonds is 3. The Morgan fingerprint density at radius 2 is 2.06 bits per heavy atom. The maximum atomic E-state index is 13.7. The summed E-state index contributed by atoms with van der Waals surface area (Å²) in [6, 6.07) is 5.81. The molecule has 0 heterocycles. The van der Waals surface area contributed by atoms with Gasteiger partial charge < -0.3 is 5.32 Å². The average Bonchev–Trinajstić information content (AvgIpc) is 2.32. The van der Waals surface area contributed by atoms with Crippen molar-refractivity contribution in [2.45, 2.75) is 45.7 Å². The first-order valence-electron chi connectivity index (χ1n) is 6.73. The van der Waals surface area contributed by atoms with Gasteiger partial charge in [-0.2, -0.15) is 0 Å². The summed E-state index contributed by atoms with van der Waals surface area (Å²) in [5, 5.41) is 3.49. The number of hydrogen-bond acceptors (Lipinski definition) is 1. The van der Waals surface area contributed by atoms with Gasteiger partial charge in [0, 0.05) is 22.6 Å². The molecule has 1 N–H and O–H groups in total. The van der Waals surface area contributed by atoms with Gasteiger partial charge in [-0.05, 0) is 43.2 Å². The zero-order valence-corrected chi connectivity index (χ0v) is 12.6. The Bertz CT molecular complexity index is 407. The topological polar surface area (TPSA) is 12.0 Å². The second-order valence-electron chi connectivity index (χ2n) is 5.58. The molecule has 18 heavy (non-hydrogen) atoms. The zero-order chi connectivity index (χ0) is 13.1. The third-order valence-electron chi connectivity index (χ3n) is 4.19. The van der Waals surface area contributed by atoms with E-state index in [1.807, 2.05) is 12.1 Å². The summed E-state index contributed by atoms with van der Waals surface area (Å²) in [5.41, 5.74) is 0.754. The molecule has 1 aromatic carbocycles. The summed E-state index contributed by atoms with van der Waals surface area (Å²) in [5.74, 6) is 1.47. The molecule has 3 atom stereocenters. The van der Waals surface area contributed by atoms with Crippen molar-refractivity contribution in [2.24, 2.45) is 11.8 Å². The second kappa shape index (κ2) is 6.16. The van der Waals surface area contributed by atoms with Gasteiger partial charge >= 0.3 is 0 Å². The van der Waals surface area contributed by atoms with Crippen LogP contribution in [0.15, 0.2) is 22.7 Å². The summed E-state index contributed by atoms with van der Waals surface area (Å²) >= 11 is 3.28. The van der Waals surface area contributed by atoms with E-state index in [9.17, 15) is 4.39 Å². The van der Waals surface area contributed by atoms with Gasteiger partial charge in [0.15, 0.2) is 0 Å². The van der Waals surface area contributed by atoms with E-state index < -0.39 is 0 Å². The first-order valence-corrected chi connectivity index (χ1v) is 7.53. The van der Waals surface area contributed by atoms with Gasteiger partial charge in [-0.15, -0.1) is 0 Å². The van der Waals surface area contributed by atoms with Crippen LogP contribution in [0, 0.1) is 17.7 Å². The van der Waals surface area contributed by atoms with Crippen LogP contribution < -0.4 is 5.32 Å². The Balaban J connectivity index is 1.88. The van der Waals surface area contributed by atoms with Gasteiger partial charge in [-0.3, -0.25) is 0 Å². The molecule has 1 aliphatic carbocycles. The highest BCUT2D eigenvalue weighted by Gasteiger charge is 2.24. The Morgan fingerprint density at radius 1 is 1.28 bits per heavy atom. The van der Waals surface area contributed by atoms with Crippen LogP contribution >= 0.6 is 15.9 Å². The maximum Gasteiger partial charge on any atom is 0.128 e. The minimum atomic E-state index is -0.130. The summed E-state index contributed by atoms with van der Waals surface area (Å²) < 4.78 is 14.5. The molecule has 0 spiro atoms. The number of nitrogens with one attached hydrogen (secondary N) is 1. The van der Waals surface area contributed by atoms with E-state index in [2.05, 4.69) is 35.1 Å². The van der Waals surface area contributed by atoms with Crippen molar-refractivity contribution in [3.8, 4) is 0 Å². The zero-order valence-electron chi connectivity index (χ0n) is 11.0. The van der Waals surface area contributed by atoms with Crippen molar-refractivity contribution in [1.82, 2.24) is 5.32 Å². The smallest absolute Gasteiger partial charge is 0.128 e. The second-order valence-corrected chi connectivity index (χ2v) is 6.50. The van der Waals surface area contributed by atoms with Crippen LogP contribution in [0.4, 0.5) is 4.39 Å². The average molecular weight is 314 g/mol. The Hall–Kier alpha value is -0.410. The highest BCUT2D eigenvalue weighted by atomic mass is 79.9. The lowest BCUT2D eigenvalue weighted by Gasteiger charge is -2.32. The standard InChI is InChI=1S/C15H21BrFN/c1-10-3-6-14(7-11(10)2)18-9-12-4-5-13(16)8-15(12)17/h4-5,8,10-11,14,18H,3,6-7,9H2,1-2H3. The van der Waals surface area contributed by atoms with Crippen molar-refractivity contribution in [3.05, 3.63) is 34.1 Å². The fourth-order valence-electron chi connectivity index (χ4n) is 2.65. The lowest BCUT2D eigenvalue weighted by Crippen LogP contribution is -2.35. The molecule has 1 saturated carbocycles. The molecule has 0 aromatic heterocycles. The van der Waals surface area contributed by atoms with Crippen LogP contribution in [-0.2, 0) is 6.54 Å². The Kier molecular flexibility index (Phi) is 4.79.